The maximum absolute atomic E-state index is 16.0. The van der Waals surface area contributed by atoms with Gasteiger partial charge in [0.2, 0.25) is 11.8 Å². The number of hydrogen-bond acceptors (Lipinski definition) is 5. The number of aryl methyl sites for hydroxylation is 2. The van der Waals surface area contributed by atoms with Gasteiger partial charge in [-0.25, -0.2) is 9.69 Å². The van der Waals surface area contributed by atoms with Crippen molar-refractivity contribution < 1.29 is 23.9 Å². The Bertz CT molecular complexity index is 2080. The number of carbonyl (C=O) groups is 4. The molecule has 5 aromatic rings. The molecular formula is C43H33NO5. The molecule has 0 N–H and O–H groups in total. The van der Waals surface area contributed by atoms with Gasteiger partial charge in [-0.1, -0.05) is 126 Å². The normalized spacial score (nSPS) is 24.1. The second-order valence-electron chi connectivity index (χ2n) is 13.2. The maximum atomic E-state index is 16.0. The molecule has 0 radical (unpaired) electrons. The lowest BCUT2D eigenvalue weighted by Gasteiger charge is -2.39. The first kappa shape index (κ1) is 30.5. The number of allylic oxidation sites excluding steroid dienone is 2. The van der Waals surface area contributed by atoms with Gasteiger partial charge < -0.3 is 4.74 Å². The van der Waals surface area contributed by atoms with E-state index < -0.39 is 40.4 Å². The van der Waals surface area contributed by atoms with Crippen LogP contribution in [0.5, 0.6) is 0 Å². The van der Waals surface area contributed by atoms with Crippen molar-refractivity contribution >= 4 is 40.4 Å². The molecule has 1 heterocycles. The van der Waals surface area contributed by atoms with Crippen molar-refractivity contribution in [3.05, 3.63) is 172 Å². The highest BCUT2D eigenvalue weighted by Gasteiger charge is 2.82. The molecular weight excluding hydrogens is 610 g/mol. The number of ketones is 1. The molecule has 4 atom stereocenters. The van der Waals surface area contributed by atoms with E-state index in [1.807, 2.05) is 123 Å². The minimum absolute atomic E-state index is 0.178. The Labute approximate surface area is 284 Å². The summed E-state index contributed by atoms with van der Waals surface area (Å²) in [7, 11) is 1.28. The number of benzene rings is 5. The second kappa shape index (κ2) is 11.1. The topological polar surface area (TPSA) is 80.8 Å². The Morgan fingerprint density at radius 1 is 0.592 bits per heavy atom. The molecule has 2 amide bonds. The molecule has 2 fully saturated rings. The molecule has 2 bridgehead atoms. The number of rotatable bonds is 6. The third-order valence-electron chi connectivity index (χ3n) is 10.7. The Hall–Kier alpha value is -5.88. The van der Waals surface area contributed by atoms with Gasteiger partial charge in [0.25, 0.3) is 0 Å². The summed E-state index contributed by atoms with van der Waals surface area (Å²) in [4.78, 5) is 60.1. The molecule has 2 aliphatic carbocycles. The van der Waals surface area contributed by atoms with Crippen LogP contribution >= 0.6 is 0 Å². The zero-order valence-corrected chi connectivity index (χ0v) is 27.3. The lowest BCUT2D eigenvalue weighted by molar-refractivity contribution is -0.130. The number of carbonyl (C=O) groups excluding carboxylic acids is 4. The largest absolute Gasteiger partial charge is 0.465 e. The minimum Gasteiger partial charge on any atom is -0.465 e. The average molecular weight is 644 g/mol. The number of methoxy groups -OCH3 is 1. The summed E-state index contributed by atoms with van der Waals surface area (Å²) in [5.41, 5.74) is 4.04. The summed E-state index contributed by atoms with van der Waals surface area (Å²) >= 11 is 0. The predicted octanol–water partition coefficient (Wildman–Crippen LogP) is 7.28. The lowest BCUT2D eigenvalue weighted by atomic mass is 9.59. The van der Waals surface area contributed by atoms with Gasteiger partial charge in [-0.2, -0.15) is 0 Å². The summed E-state index contributed by atoms with van der Waals surface area (Å²) in [5.74, 6) is -3.81. The van der Waals surface area contributed by atoms with E-state index in [-0.39, 0.29) is 17.0 Å². The molecule has 1 aliphatic heterocycles. The Morgan fingerprint density at radius 2 is 1.04 bits per heavy atom. The number of ether oxygens (including phenoxy) is 1. The number of Topliss-reactive ketones (excluding diaryl/α,β-unsaturated/α-hetero) is 1. The average Bonchev–Trinajstić information content (AvgIpc) is 3.64. The molecule has 0 aromatic heterocycles. The first-order valence-corrected chi connectivity index (χ1v) is 16.4. The van der Waals surface area contributed by atoms with Crippen LogP contribution in [0.25, 0.3) is 11.1 Å². The molecule has 8 rings (SSSR count). The standard InChI is InChI=1S/C43H33NO5/c1-26-17-21-28(22-18-26)34-35(29-23-19-27(2)20-24-29)43(32-14-8-5-9-15-32)37-36(42(34,41(43)48)31-12-6-4-7-13-31)38(45)44(39(37)46)33-16-10-11-30(25-33)40(47)49-3/h4-25,36-37H,1-3H3/t36-,37-,42-,43-/m0/s1. The molecule has 0 unspecified atom stereocenters. The first-order valence-electron chi connectivity index (χ1n) is 16.4. The van der Waals surface area contributed by atoms with Crippen LogP contribution < -0.4 is 4.90 Å². The van der Waals surface area contributed by atoms with Gasteiger partial charge in [-0.05, 0) is 65.4 Å². The second-order valence-corrected chi connectivity index (χ2v) is 13.2. The summed E-state index contributed by atoms with van der Waals surface area (Å²) in [6.07, 6.45) is 0. The van der Waals surface area contributed by atoms with E-state index in [1.165, 1.54) is 18.1 Å². The molecule has 3 aliphatic rings. The number of amides is 2. The maximum Gasteiger partial charge on any atom is 0.337 e. The van der Waals surface area contributed by atoms with E-state index in [9.17, 15) is 4.79 Å². The van der Waals surface area contributed by atoms with Crippen LogP contribution in [0.2, 0.25) is 0 Å². The van der Waals surface area contributed by atoms with E-state index in [0.717, 1.165) is 33.4 Å². The van der Waals surface area contributed by atoms with Gasteiger partial charge in [-0.15, -0.1) is 0 Å². The molecule has 1 saturated carbocycles. The van der Waals surface area contributed by atoms with Crippen LogP contribution in [0.3, 0.4) is 0 Å². The van der Waals surface area contributed by atoms with Crippen LogP contribution in [0.4, 0.5) is 5.69 Å². The Morgan fingerprint density at radius 3 is 1.47 bits per heavy atom. The Balaban J connectivity index is 1.52. The molecule has 1 saturated heterocycles. The van der Waals surface area contributed by atoms with Crippen molar-refractivity contribution in [2.75, 3.05) is 12.0 Å². The number of fused-ring (bicyclic) bond motifs is 5. The summed E-state index contributed by atoms with van der Waals surface area (Å²) < 4.78 is 4.95. The molecule has 5 aromatic carbocycles. The van der Waals surface area contributed by atoms with Gasteiger partial charge in [0.15, 0.2) is 5.78 Å². The zero-order valence-electron chi connectivity index (χ0n) is 27.3. The van der Waals surface area contributed by atoms with E-state index in [4.69, 9.17) is 4.74 Å². The lowest BCUT2D eigenvalue weighted by Crippen LogP contribution is -2.45. The van der Waals surface area contributed by atoms with Crippen LogP contribution in [0.1, 0.15) is 43.7 Å². The molecule has 240 valence electrons. The molecule has 49 heavy (non-hydrogen) atoms. The van der Waals surface area contributed by atoms with Gasteiger partial charge in [-0.3, -0.25) is 14.4 Å². The van der Waals surface area contributed by atoms with Gasteiger partial charge in [0.05, 0.1) is 41.0 Å². The number of esters is 1. The van der Waals surface area contributed by atoms with Crippen LogP contribution in [-0.4, -0.2) is 30.7 Å². The van der Waals surface area contributed by atoms with Crippen LogP contribution in [-0.2, 0) is 30.0 Å². The van der Waals surface area contributed by atoms with Gasteiger partial charge >= 0.3 is 5.97 Å². The minimum atomic E-state index is -1.50. The predicted molar refractivity (Wildman–Crippen MR) is 188 cm³/mol. The summed E-state index contributed by atoms with van der Waals surface area (Å²) in [6, 6.07) is 41.4. The summed E-state index contributed by atoms with van der Waals surface area (Å²) in [5, 5.41) is 0. The van der Waals surface area contributed by atoms with E-state index >= 15 is 14.4 Å². The van der Waals surface area contributed by atoms with Crippen molar-refractivity contribution in [1.29, 1.82) is 0 Å². The molecule has 0 spiro atoms. The SMILES string of the molecule is COC(=O)c1cccc(N2C(=O)[C@@H]3[C@@H](C2=O)[C@@]2(c4ccccc4)C(=O)[C@@]3(c3ccccc3)C(c3ccc(C)cc3)=C2c2ccc(C)cc2)c1. The van der Waals surface area contributed by atoms with Crippen molar-refractivity contribution in [2.45, 2.75) is 24.7 Å². The van der Waals surface area contributed by atoms with Crippen molar-refractivity contribution in [1.82, 2.24) is 0 Å². The fourth-order valence-corrected chi connectivity index (χ4v) is 8.71. The number of hydrogen-bond donors (Lipinski definition) is 0. The van der Waals surface area contributed by atoms with E-state index in [0.29, 0.717) is 11.1 Å². The zero-order chi connectivity index (χ0) is 34.1. The highest BCUT2D eigenvalue weighted by molar-refractivity contribution is 6.39. The van der Waals surface area contributed by atoms with E-state index in [2.05, 4.69) is 0 Å². The number of anilines is 1. The van der Waals surface area contributed by atoms with Crippen molar-refractivity contribution in [3.8, 4) is 0 Å². The fourth-order valence-electron chi connectivity index (χ4n) is 8.71. The Kier molecular flexibility index (Phi) is 6.90. The van der Waals surface area contributed by atoms with Crippen LogP contribution in [0.15, 0.2) is 133 Å². The quantitative estimate of drug-likeness (QED) is 0.144. The van der Waals surface area contributed by atoms with E-state index in [1.54, 1.807) is 18.2 Å². The highest BCUT2D eigenvalue weighted by Crippen LogP contribution is 2.74. The number of nitrogens with zero attached hydrogens (tertiary/aromatic N) is 1. The summed E-state index contributed by atoms with van der Waals surface area (Å²) in [6.45, 7) is 4.03. The monoisotopic (exact) mass is 643 g/mol. The third kappa shape index (κ3) is 4.00. The number of imide groups is 1. The highest BCUT2D eigenvalue weighted by atomic mass is 16.5. The van der Waals surface area contributed by atoms with Gasteiger partial charge in [0.1, 0.15) is 0 Å². The first-order chi connectivity index (χ1) is 23.8. The fraction of sp³-hybridized carbons (Fsp3) is 0.163. The van der Waals surface area contributed by atoms with Gasteiger partial charge in [0, 0.05) is 0 Å². The van der Waals surface area contributed by atoms with Crippen molar-refractivity contribution in [3.63, 3.8) is 0 Å². The smallest absolute Gasteiger partial charge is 0.337 e. The van der Waals surface area contributed by atoms with Crippen LogP contribution in [0, 0.1) is 25.7 Å². The third-order valence-corrected chi connectivity index (χ3v) is 10.7. The van der Waals surface area contributed by atoms with Crippen molar-refractivity contribution in [2.24, 2.45) is 11.8 Å². The molecule has 6 heteroatoms. The molecule has 6 nitrogen and oxygen atoms in total.